The van der Waals surface area contributed by atoms with Crippen molar-refractivity contribution in [3.63, 3.8) is 0 Å². The second-order valence-electron chi connectivity index (χ2n) is 5.37. The van der Waals surface area contributed by atoms with Crippen LogP contribution in [-0.2, 0) is 6.54 Å². The number of fused-ring (bicyclic) bond motifs is 1. The number of likely N-dealkylation sites (tertiary alicyclic amines) is 1. The van der Waals surface area contributed by atoms with E-state index in [1.54, 1.807) is 0 Å². The van der Waals surface area contributed by atoms with Gasteiger partial charge in [0.2, 0.25) is 0 Å². The Morgan fingerprint density at radius 3 is 2.80 bits per heavy atom. The molecule has 1 aromatic heterocycles. The van der Waals surface area contributed by atoms with Gasteiger partial charge in [-0.1, -0.05) is 12.1 Å². The van der Waals surface area contributed by atoms with Crippen LogP contribution in [0.5, 0.6) is 0 Å². The van der Waals surface area contributed by atoms with Gasteiger partial charge in [-0.2, -0.15) is 0 Å². The molecule has 1 aliphatic rings. The highest BCUT2D eigenvalue weighted by Gasteiger charge is 2.19. The molecule has 5 nitrogen and oxygen atoms in total. The Morgan fingerprint density at radius 1 is 1.25 bits per heavy atom. The minimum absolute atomic E-state index is 0.122. The third-order valence-corrected chi connectivity index (χ3v) is 3.84. The lowest BCUT2D eigenvalue weighted by atomic mass is 10.1. The number of hydrogen-bond donors (Lipinski definition) is 0. The standard InChI is InChI=1S/C15H20N4O/c1-2-8-19-14-7-6-12(11-13(14)16-17-19)15(20)18-9-4-3-5-10-18/h6-7,11H,2-5,8-10H2,1H3. The highest BCUT2D eigenvalue weighted by Crippen LogP contribution is 2.17. The highest BCUT2D eigenvalue weighted by molar-refractivity contribution is 5.97. The number of hydrogen-bond acceptors (Lipinski definition) is 3. The quantitative estimate of drug-likeness (QED) is 0.862. The van der Waals surface area contributed by atoms with Gasteiger partial charge in [0, 0.05) is 25.2 Å². The molecule has 0 atom stereocenters. The number of carbonyl (C=O) groups excluding carboxylic acids is 1. The fourth-order valence-electron chi connectivity index (χ4n) is 2.76. The molecule has 0 aliphatic carbocycles. The van der Waals surface area contributed by atoms with Crippen LogP contribution in [0.1, 0.15) is 43.0 Å². The topological polar surface area (TPSA) is 51.0 Å². The molecule has 1 amide bonds. The number of aromatic nitrogens is 3. The Kier molecular flexibility index (Phi) is 3.67. The van der Waals surface area contributed by atoms with E-state index in [4.69, 9.17) is 0 Å². The Hall–Kier alpha value is -1.91. The Bertz CT molecular complexity index is 613. The van der Waals surface area contributed by atoms with Crippen molar-refractivity contribution in [2.24, 2.45) is 0 Å². The highest BCUT2D eigenvalue weighted by atomic mass is 16.2. The summed E-state index contributed by atoms with van der Waals surface area (Å²) in [5.41, 5.74) is 2.53. The second-order valence-corrected chi connectivity index (χ2v) is 5.37. The van der Waals surface area contributed by atoms with Crippen molar-refractivity contribution in [2.75, 3.05) is 13.1 Å². The van der Waals surface area contributed by atoms with Crippen molar-refractivity contribution in [1.29, 1.82) is 0 Å². The molecule has 1 fully saturated rings. The van der Waals surface area contributed by atoms with Crippen LogP contribution in [0.3, 0.4) is 0 Å². The number of aryl methyl sites for hydroxylation is 1. The Balaban J connectivity index is 1.87. The number of carbonyl (C=O) groups is 1. The third kappa shape index (κ3) is 2.40. The molecule has 0 unspecified atom stereocenters. The van der Waals surface area contributed by atoms with E-state index in [0.717, 1.165) is 55.5 Å². The van der Waals surface area contributed by atoms with Crippen molar-refractivity contribution in [2.45, 2.75) is 39.2 Å². The molecular formula is C15H20N4O. The molecule has 5 heteroatoms. The van der Waals surface area contributed by atoms with Crippen molar-refractivity contribution in [1.82, 2.24) is 19.9 Å². The molecule has 0 bridgehead atoms. The molecule has 3 rings (SSSR count). The van der Waals surface area contributed by atoms with Gasteiger partial charge in [-0.25, -0.2) is 4.68 Å². The zero-order chi connectivity index (χ0) is 13.9. The summed E-state index contributed by atoms with van der Waals surface area (Å²) >= 11 is 0. The van der Waals surface area contributed by atoms with E-state index in [2.05, 4.69) is 17.2 Å². The smallest absolute Gasteiger partial charge is 0.253 e. The summed E-state index contributed by atoms with van der Waals surface area (Å²) in [5, 5.41) is 8.31. The summed E-state index contributed by atoms with van der Waals surface area (Å²) in [5.74, 6) is 0.122. The van der Waals surface area contributed by atoms with Crippen LogP contribution in [0.2, 0.25) is 0 Å². The molecule has 1 saturated heterocycles. The number of nitrogens with zero attached hydrogens (tertiary/aromatic N) is 4. The number of rotatable bonds is 3. The maximum atomic E-state index is 12.4. The van der Waals surface area contributed by atoms with E-state index in [9.17, 15) is 4.79 Å². The molecule has 2 heterocycles. The van der Waals surface area contributed by atoms with Crippen LogP contribution in [0.15, 0.2) is 18.2 Å². The van der Waals surface area contributed by atoms with Crippen molar-refractivity contribution in [3.8, 4) is 0 Å². The van der Waals surface area contributed by atoms with E-state index < -0.39 is 0 Å². The lowest BCUT2D eigenvalue weighted by Gasteiger charge is -2.26. The maximum Gasteiger partial charge on any atom is 0.253 e. The van der Waals surface area contributed by atoms with Crippen LogP contribution in [0.4, 0.5) is 0 Å². The first-order chi connectivity index (χ1) is 9.79. The summed E-state index contributed by atoms with van der Waals surface area (Å²) in [4.78, 5) is 14.4. The van der Waals surface area contributed by atoms with E-state index in [1.165, 1.54) is 6.42 Å². The van der Waals surface area contributed by atoms with Gasteiger partial charge >= 0.3 is 0 Å². The molecule has 0 N–H and O–H groups in total. The molecule has 1 aromatic carbocycles. The van der Waals surface area contributed by atoms with Crippen LogP contribution in [0, 0.1) is 0 Å². The van der Waals surface area contributed by atoms with Gasteiger partial charge in [0.15, 0.2) is 0 Å². The lowest BCUT2D eigenvalue weighted by molar-refractivity contribution is 0.0724. The molecule has 1 aliphatic heterocycles. The number of benzene rings is 1. The van der Waals surface area contributed by atoms with Crippen molar-refractivity contribution in [3.05, 3.63) is 23.8 Å². The Morgan fingerprint density at radius 2 is 2.05 bits per heavy atom. The van der Waals surface area contributed by atoms with Gasteiger partial charge in [0.1, 0.15) is 5.52 Å². The minimum atomic E-state index is 0.122. The molecule has 0 spiro atoms. The summed E-state index contributed by atoms with van der Waals surface area (Å²) < 4.78 is 1.89. The molecular weight excluding hydrogens is 252 g/mol. The fourth-order valence-corrected chi connectivity index (χ4v) is 2.76. The van der Waals surface area contributed by atoms with Crippen LogP contribution < -0.4 is 0 Å². The van der Waals surface area contributed by atoms with Crippen molar-refractivity contribution < 1.29 is 4.79 Å². The van der Waals surface area contributed by atoms with E-state index in [1.807, 2.05) is 27.8 Å². The molecule has 0 saturated carbocycles. The minimum Gasteiger partial charge on any atom is -0.339 e. The van der Waals surface area contributed by atoms with Crippen LogP contribution in [0.25, 0.3) is 11.0 Å². The zero-order valence-corrected chi connectivity index (χ0v) is 11.9. The predicted molar refractivity (Wildman–Crippen MR) is 77.6 cm³/mol. The fraction of sp³-hybridized carbons (Fsp3) is 0.533. The average Bonchev–Trinajstić information content (AvgIpc) is 2.90. The molecule has 106 valence electrons. The van der Waals surface area contributed by atoms with Gasteiger partial charge in [-0.3, -0.25) is 4.79 Å². The number of piperidine rings is 1. The SMILES string of the molecule is CCCn1nnc2cc(C(=O)N3CCCCC3)ccc21. The second kappa shape index (κ2) is 5.61. The zero-order valence-electron chi connectivity index (χ0n) is 11.9. The lowest BCUT2D eigenvalue weighted by Crippen LogP contribution is -2.35. The van der Waals surface area contributed by atoms with E-state index in [-0.39, 0.29) is 5.91 Å². The predicted octanol–water partition coefficient (Wildman–Crippen LogP) is 2.47. The van der Waals surface area contributed by atoms with E-state index in [0.29, 0.717) is 0 Å². The first kappa shape index (κ1) is 13.1. The normalized spacial score (nSPS) is 15.8. The first-order valence-corrected chi connectivity index (χ1v) is 7.42. The van der Waals surface area contributed by atoms with Gasteiger partial charge < -0.3 is 4.90 Å². The Labute approximate surface area is 118 Å². The summed E-state index contributed by atoms with van der Waals surface area (Å²) in [7, 11) is 0. The maximum absolute atomic E-state index is 12.4. The van der Waals surface area contributed by atoms with Crippen LogP contribution in [-0.4, -0.2) is 38.9 Å². The summed E-state index contributed by atoms with van der Waals surface area (Å²) in [6, 6.07) is 5.72. The van der Waals surface area contributed by atoms with Gasteiger partial charge in [-0.05, 0) is 43.9 Å². The average molecular weight is 272 g/mol. The molecule has 20 heavy (non-hydrogen) atoms. The largest absolute Gasteiger partial charge is 0.339 e. The molecule has 0 radical (unpaired) electrons. The van der Waals surface area contributed by atoms with Gasteiger partial charge in [-0.15, -0.1) is 5.10 Å². The monoisotopic (exact) mass is 272 g/mol. The molecule has 2 aromatic rings. The third-order valence-electron chi connectivity index (χ3n) is 3.84. The summed E-state index contributed by atoms with van der Waals surface area (Å²) in [6.45, 7) is 4.72. The first-order valence-electron chi connectivity index (χ1n) is 7.42. The number of amides is 1. The summed E-state index contributed by atoms with van der Waals surface area (Å²) in [6.07, 6.45) is 4.47. The van der Waals surface area contributed by atoms with Crippen LogP contribution >= 0.6 is 0 Å². The van der Waals surface area contributed by atoms with E-state index >= 15 is 0 Å². The van der Waals surface area contributed by atoms with Gasteiger partial charge in [0.25, 0.3) is 5.91 Å². The van der Waals surface area contributed by atoms with Gasteiger partial charge in [0.05, 0.1) is 5.52 Å². The van der Waals surface area contributed by atoms with Crippen molar-refractivity contribution >= 4 is 16.9 Å².